The van der Waals surface area contributed by atoms with E-state index >= 15 is 0 Å². The first-order valence-electron chi connectivity index (χ1n) is 14.8. The van der Waals surface area contributed by atoms with E-state index in [0.717, 1.165) is 6.61 Å². The molecule has 218 valence electrons. The molecule has 0 amide bonds. The van der Waals surface area contributed by atoms with Gasteiger partial charge in [-0.2, -0.15) is 0 Å². The third kappa shape index (κ3) is 24.1. The molecule has 0 spiro atoms. The number of hydrogen-bond donors (Lipinski definition) is 1. The molecular formula is C29H60O7. The first-order chi connectivity index (χ1) is 17.7. The summed E-state index contributed by atoms with van der Waals surface area (Å²) in [5.74, 6) is 0. The summed E-state index contributed by atoms with van der Waals surface area (Å²) < 4.78 is 33.4. The molecule has 0 saturated carbocycles. The number of aliphatic hydroxyl groups excluding tert-OH is 1. The summed E-state index contributed by atoms with van der Waals surface area (Å²) in [7, 11) is 0. The second-order valence-electron chi connectivity index (χ2n) is 9.71. The molecular weight excluding hydrogens is 460 g/mol. The summed E-state index contributed by atoms with van der Waals surface area (Å²) >= 11 is 0. The Balaban J connectivity index is 3.83. The highest BCUT2D eigenvalue weighted by atomic mass is 16.6. The SMILES string of the molecule is CCCCCCC(CCCC)(CCCCC)COCCOCCOCCOCCOCCOCCO. The van der Waals surface area contributed by atoms with Crippen molar-refractivity contribution in [2.24, 2.45) is 5.41 Å². The van der Waals surface area contributed by atoms with Crippen LogP contribution in [0.1, 0.15) is 97.8 Å². The zero-order valence-corrected chi connectivity index (χ0v) is 24.1. The highest BCUT2D eigenvalue weighted by Gasteiger charge is 2.28. The molecule has 0 heterocycles. The lowest BCUT2D eigenvalue weighted by molar-refractivity contribution is -0.0289. The first-order valence-corrected chi connectivity index (χ1v) is 14.8. The van der Waals surface area contributed by atoms with Gasteiger partial charge >= 0.3 is 0 Å². The van der Waals surface area contributed by atoms with Crippen LogP contribution in [0, 0.1) is 5.41 Å². The predicted octanol–water partition coefficient (Wildman–Crippen LogP) is 5.81. The lowest BCUT2D eigenvalue weighted by Gasteiger charge is -2.34. The lowest BCUT2D eigenvalue weighted by Crippen LogP contribution is -2.28. The molecule has 0 saturated heterocycles. The summed E-state index contributed by atoms with van der Waals surface area (Å²) in [6, 6.07) is 0. The molecule has 7 nitrogen and oxygen atoms in total. The Hall–Kier alpha value is -0.280. The number of rotatable bonds is 31. The van der Waals surface area contributed by atoms with Crippen LogP contribution in [-0.2, 0) is 28.4 Å². The first kappa shape index (κ1) is 35.7. The van der Waals surface area contributed by atoms with Crippen molar-refractivity contribution in [2.75, 3.05) is 85.9 Å². The van der Waals surface area contributed by atoms with Crippen molar-refractivity contribution >= 4 is 0 Å². The summed E-state index contributed by atoms with van der Waals surface area (Å²) in [6.07, 6.45) is 15.7. The van der Waals surface area contributed by atoms with Crippen molar-refractivity contribution in [1.82, 2.24) is 0 Å². The van der Waals surface area contributed by atoms with Gasteiger partial charge in [-0.15, -0.1) is 0 Å². The molecule has 0 radical (unpaired) electrons. The molecule has 1 unspecified atom stereocenters. The van der Waals surface area contributed by atoms with E-state index in [0.29, 0.717) is 78.1 Å². The van der Waals surface area contributed by atoms with Gasteiger partial charge in [0.2, 0.25) is 0 Å². The van der Waals surface area contributed by atoms with E-state index < -0.39 is 0 Å². The van der Waals surface area contributed by atoms with Gasteiger partial charge in [0.1, 0.15) is 0 Å². The quantitative estimate of drug-likeness (QED) is 0.116. The largest absolute Gasteiger partial charge is 0.394 e. The molecule has 0 rings (SSSR count). The second kappa shape index (κ2) is 29.3. The zero-order valence-electron chi connectivity index (χ0n) is 24.1. The minimum Gasteiger partial charge on any atom is -0.394 e. The Bertz CT molecular complexity index is 411. The van der Waals surface area contributed by atoms with E-state index in [1.807, 2.05) is 0 Å². The maximum absolute atomic E-state index is 8.60. The molecule has 0 fully saturated rings. The van der Waals surface area contributed by atoms with Gasteiger partial charge in [-0.25, -0.2) is 0 Å². The Labute approximate surface area is 222 Å². The van der Waals surface area contributed by atoms with E-state index in [9.17, 15) is 0 Å². The third-order valence-corrected chi connectivity index (χ3v) is 6.44. The maximum Gasteiger partial charge on any atom is 0.0701 e. The number of ether oxygens (including phenoxy) is 6. The standard InChI is InChI=1S/C29H60O7/c1-4-7-10-12-15-29(13-9-6-3,14-11-8-5-2)28-36-27-26-35-25-24-34-23-22-33-21-20-32-19-18-31-17-16-30/h30H,4-28H2,1-3H3. The topological polar surface area (TPSA) is 75.6 Å². The molecule has 0 aromatic rings. The van der Waals surface area contributed by atoms with Gasteiger partial charge < -0.3 is 33.5 Å². The Morgan fingerprint density at radius 1 is 0.417 bits per heavy atom. The van der Waals surface area contributed by atoms with Gasteiger partial charge in [0.05, 0.1) is 85.9 Å². The van der Waals surface area contributed by atoms with Gasteiger partial charge in [-0.05, 0) is 24.7 Å². The van der Waals surface area contributed by atoms with E-state index in [1.54, 1.807) is 0 Å². The van der Waals surface area contributed by atoms with Gasteiger partial charge in [0.25, 0.3) is 0 Å². The molecule has 0 aromatic heterocycles. The second-order valence-corrected chi connectivity index (χ2v) is 9.71. The monoisotopic (exact) mass is 520 g/mol. The summed E-state index contributed by atoms with van der Waals surface area (Å²) in [5.41, 5.74) is 0.348. The van der Waals surface area contributed by atoms with Crippen LogP contribution in [0.2, 0.25) is 0 Å². The Morgan fingerprint density at radius 2 is 0.778 bits per heavy atom. The van der Waals surface area contributed by atoms with Crippen molar-refractivity contribution in [2.45, 2.75) is 97.8 Å². The molecule has 36 heavy (non-hydrogen) atoms. The fourth-order valence-electron chi connectivity index (χ4n) is 4.27. The van der Waals surface area contributed by atoms with Crippen molar-refractivity contribution in [1.29, 1.82) is 0 Å². The average Bonchev–Trinajstić information content (AvgIpc) is 2.89. The molecule has 0 aliphatic carbocycles. The van der Waals surface area contributed by atoms with Crippen molar-refractivity contribution < 1.29 is 33.5 Å². The van der Waals surface area contributed by atoms with E-state index in [1.165, 1.54) is 77.0 Å². The fraction of sp³-hybridized carbons (Fsp3) is 1.00. The van der Waals surface area contributed by atoms with Crippen LogP contribution in [0.15, 0.2) is 0 Å². The summed E-state index contributed by atoms with van der Waals surface area (Å²) in [6.45, 7) is 13.7. The average molecular weight is 521 g/mol. The lowest BCUT2D eigenvalue weighted by atomic mass is 9.75. The normalized spacial score (nSPS) is 13.3. The molecule has 7 heteroatoms. The summed E-state index contributed by atoms with van der Waals surface area (Å²) in [5, 5.41) is 8.60. The minimum atomic E-state index is 0.0418. The molecule has 0 bridgehead atoms. The molecule has 0 aliphatic heterocycles. The van der Waals surface area contributed by atoms with E-state index in [-0.39, 0.29) is 6.61 Å². The number of hydrogen-bond acceptors (Lipinski definition) is 7. The zero-order chi connectivity index (χ0) is 26.4. The Kier molecular flexibility index (Phi) is 29.1. The van der Waals surface area contributed by atoms with Crippen LogP contribution in [0.25, 0.3) is 0 Å². The van der Waals surface area contributed by atoms with Crippen molar-refractivity contribution in [3.63, 3.8) is 0 Å². The predicted molar refractivity (Wildman–Crippen MR) is 147 cm³/mol. The molecule has 1 N–H and O–H groups in total. The van der Waals surface area contributed by atoms with Gasteiger partial charge in [-0.3, -0.25) is 0 Å². The molecule has 1 atom stereocenters. The van der Waals surface area contributed by atoms with Crippen molar-refractivity contribution in [3.8, 4) is 0 Å². The van der Waals surface area contributed by atoms with E-state index in [4.69, 9.17) is 33.5 Å². The van der Waals surface area contributed by atoms with Crippen LogP contribution in [0.5, 0.6) is 0 Å². The highest BCUT2D eigenvalue weighted by molar-refractivity contribution is 4.79. The molecule has 0 aromatic carbocycles. The fourth-order valence-corrected chi connectivity index (χ4v) is 4.27. The van der Waals surface area contributed by atoms with Crippen LogP contribution < -0.4 is 0 Å². The summed E-state index contributed by atoms with van der Waals surface area (Å²) in [4.78, 5) is 0. The van der Waals surface area contributed by atoms with Gasteiger partial charge in [0, 0.05) is 0 Å². The van der Waals surface area contributed by atoms with Crippen LogP contribution in [0.3, 0.4) is 0 Å². The van der Waals surface area contributed by atoms with Crippen LogP contribution in [-0.4, -0.2) is 91.0 Å². The number of aliphatic hydroxyl groups is 1. The van der Waals surface area contributed by atoms with Gasteiger partial charge in [-0.1, -0.05) is 78.6 Å². The molecule has 0 aliphatic rings. The highest BCUT2D eigenvalue weighted by Crippen LogP contribution is 2.37. The van der Waals surface area contributed by atoms with Crippen molar-refractivity contribution in [3.05, 3.63) is 0 Å². The maximum atomic E-state index is 8.60. The van der Waals surface area contributed by atoms with Crippen LogP contribution >= 0.6 is 0 Å². The third-order valence-electron chi connectivity index (χ3n) is 6.44. The minimum absolute atomic E-state index is 0.0418. The van der Waals surface area contributed by atoms with Gasteiger partial charge in [0.15, 0.2) is 0 Å². The number of unbranched alkanes of at least 4 members (excludes halogenated alkanes) is 6. The van der Waals surface area contributed by atoms with E-state index in [2.05, 4.69) is 20.8 Å². The van der Waals surface area contributed by atoms with Crippen LogP contribution in [0.4, 0.5) is 0 Å². The Morgan fingerprint density at radius 3 is 1.22 bits per heavy atom. The smallest absolute Gasteiger partial charge is 0.0701 e.